The van der Waals surface area contributed by atoms with Crippen molar-refractivity contribution in [3.8, 4) is 0 Å². The van der Waals surface area contributed by atoms with Gasteiger partial charge in [0, 0.05) is 11.4 Å². The van der Waals surface area contributed by atoms with E-state index >= 15 is 0 Å². The molecule has 1 nitrogen and oxygen atoms in total. The zero-order valence-electron chi connectivity index (χ0n) is 14.3. The minimum atomic E-state index is 0.416. The first-order valence-corrected chi connectivity index (χ1v) is 8.68. The van der Waals surface area contributed by atoms with Crippen LogP contribution in [0.2, 0.25) is 0 Å². The molecule has 2 aromatic rings. The maximum atomic E-state index is 2.54. The molecule has 0 heterocycles. The summed E-state index contributed by atoms with van der Waals surface area (Å²) in [6, 6.07) is 22.2. The second kappa shape index (κ2) is 5.26. The van der Waals surface area contributed by atoms with Crippen molar-refractivity contribution in [2.24, 2.45) is 11.3 Å². The SMILES string of the molecule is CC1=C2CC(CC1N(c1ccccc1)c1ccccc1)C2(C)C. The van der Waals surface area contributed by atoms with Crippen LogP contribution in [0.5, 0.6) is 0 Å². The van der Waals surface area contributed by atoms with Gasteiger partial charge in [-0.3, -0.25) is 0 Å². The molecular weight excluding hydrogens is 278 g/mol. The van der Waals surface area contributed by atoms with Gasteiger partial charge in [-0.2, -0.15) is 0 Å². The lowest BCUT2D eigenvalue weighted by Crippen LogP contribution is -2.50. The van der Waals surface area contributed by atoms with Gasteiger partial charge in [0.15, 0.2) is 0 Å². The molecule has 0 saturated heterocycles. The molecule has 3 aliphatic rings. The molecule has 0 spiro atoms. The zero-order chi connectivity index (χ0) is 16.0. The summed E-state index contributed by atoms with van der Waals surface area (Å²) in [4.78, 5) is 2.54. The summed E-state index contributed by atoms with van der Waals surface area (Å²) in [6.07, 6.45) is 2.57. The van der Waals surface area contributed by atoms with Crippen molar-refractivity contribution in [2.45, 2.75) is 39.7 Å². The number of rotatable bonds is 3. The van der Waals surface area contributed by atoms with E-state index in [0.717, 1.165) is 5.92 Å². The van der Waals surface area contributed by atoms with Crippen LogP contribution in [0.15, 0.2) is 71.8 Å². The summed E-state index contributed by atoms with van der Waals surface area (Å²) in [7, 11) is 0. The normalized spacial score (nSPS) is 25.0. The third kappa shape index (κ3) is 2.22. The summed E-state index contributed by atoms with van der Waals surface area (Å²) < 4.78 is 0. The molecule has 0 amide bonds. The van der Waals surface area contributed by atoms with Gasteiger partial charge in [0.2, 0.25) is 0 Å². The molecule has 2 aromatic carbocycles. The Morgan fingerprint density at radius 3 is 1.83 bits per heavy atom. The van der Waals surface area contributed by atoms with E-state index in [4.69, 9.17) is 0 Å². The summed E-state index contributed by atoms with van der Waals surface area (Å²) in [5, 5.41) is 0. The highest BCUT2D eigenvalue weighted by atomic mass is 15.2. The van der Waals surface area contributed by atoms with E-state index in [2.05, 4.69) is 86.3 Å². The zero-order valence-corrected chi connectivity index (χ0v) is 14.3. The van der Waals surface area contributed by atoms with E-state index in [-0.39, 0.29) is 0 Å². The molecule has 0 aromatic heterocycles. The fourth-order valence-corrected chi connectivity index (χ4v) is 4.56. The number of anilines is 2. The fraction of sp³-hybridized carbons (Fsp3) is 0.364. The Kier molecular flexibility index (Phi) is 3.33. The number of hydrogen-bond acceptors (Lipinski definition) is 1. The maximum Gasteiger partial charge on any atom is 0.0554 e. The van der Waals surface area contributed by atoms with Crippen molar-refractivity contribution in [1.29, 1.82) is 0 Å². The molecule has 0 N–H and O–H groups in total. The van der Waals surface area contributed by atoms with Gasteiger partial charge in [-0.05, 0) is 55.4 Å². The van der Waals surface area contributed by atoms with Crippen LogP contribution in [0.3, 0.4) is 0 Å². The first kappa shape index (κ1) is 14.6. The lowest BCUT2D eigenvalue weighted by Gasteiger charge is -2.56. The van der Waals surface area contributed by atoms with Crippen molar-refractivity contribution >= 4 is 11.4 Å². The number of benzene rings is 2. The monoisotopic (exact) mass is 303 g/mol. The van der Waals surface area contributed by atoms with Crippen LogP contribution in [0.25, 0.3) is 0 Å². The molecule has 2 atom stereocenters. The van der Waals surface area contributed by atoms with E-state index in [1.807, 2.05) is 0 Å². The Balaban J connectivity index is 1.80. The molecule has 5 rings (SSSR count). The van der Waals surface area contributed by atoms with Gasteiger partial charge >= 0.3 is 0 Å². The lowest BCUT2D eigenvalue weighted by atomic mass is 9.51. The van der Waals surface area contributed by atoms with Crippen molar-refractivity contribution in [2.75, 3.05) is 4.90 Å². The van der Waals surface area contributed by atoms with Crippen LogP contribution in [0.4, 0.5) is 11.4 Å². The van der Waals surface area contributed by atoms with Crippen LogP contribution >= 0.6 is 0 Å². The summed E-state index contributed by atoms with van der Waals surface area (Å²) in [5.41, 5.74) is 6.28. The van der Waals surface area contributed by atoms with Gasteiger partial charge in [0.1, 0.15) is 0 Å². The number of allylic oxidation sites excluding steroid dienone is 1. The maximum absolute atomic E-state index is 2.54. The molecule has 23 heavy (non-hydrogen) atoms. The molecule has 1 saturated carbocycles. The Hall–Kier alpha value is -2.02. The van der Waals surface area contributed by atoms with Gasteiger partial charge in [0.25, 0.3) is 0 Å². The molecule has 2 unspecified atom stereocenters. The summed E-state index contributed by atoms with van der Waals surface area (Å²) in [5.74, 6) is 0.820. The van der Waals surface area contributed by atoms with Crippen LogP contribution in [0, 0.1) is 11.3 Å². The minimum Gasteiger partial charge on any atom is -0.334 e. The second-order valence-corrected chi connectivity index (χ2v) is 7.58. The van der Waals surface area contributed by atoms with Crippen molar-refractivity contribution < 1.29 is 0 Å². The Morgan fingerprint density at radius 1 is 0.870 bits per heavy atom. The smallest absolute Gasteiger partial charge is 0.0554 e. The Labute approximate surface area is 139 Å². The highest BCUT2D eigenvalue weighted by molar-refractivity contribution is 5.66. The second-order valence-electron chi connectivity index (χ2n) is 7.58. The number of nitrogens with zero attached hydrogens (tertiary/aromatic N) is 1. The molecule has 2 bridgehead atoms. The predicted molar refractivity (Wildman–Crippen MR) is 98.0 cm³/mol. The van der Waals surface area contributed by atoms with Crippen LogP contribution in [-0.4, -0.2) is 6.04 Å². The van der Waals surface area contributed by atoms with Gasteiger partial charge in [-0.1, -0.05) is 61.4 Å². The molecule has 0 radical (unpaired) electrons. The lowest BCUT2D eigenvalue weighted by molar-refractivity contribution is 0.124. The predicted octanol–water partition coefficient (Wildman–Crippen LogP) is 5.96. The Bertz CT molecular complexity index is 688. The molecule has 1 heteroatoms. The summed E-state index contributed by atoms with van der Waals surface area (Å²) >= 11 is 0. The van der Waals surface area contributed by atoms with Crippen molar-refractivity contribution in [1.82, 2.24) is 0 Å². The van der Waals surface area contributed by atoms with Gasteiger partial charge < -0.3 is 4.90 Å². The molecule has 1 fully saturated rings. The van der Waals surface area contributed by atoms with E-state index in [0.29, 0.717) is 11.5 Å². The van der Waals surface area contributed by atoms with E-state index < -0.39 is 0 Å². The molecular formula is C22H25N. The van der Waals surface area contributed by atoms with Gasteiger partial charge in [-0.25, -0.2) is 0 Å². The summed E-state index contributed by atoms with van der Waals surface area (Å²) in [6.45, 7) is 7.20. The third-order valence-electron chi connectivity index (χ3n) is 6.11. The highest BCUT2D eigenvalue weighted by Gasteiger charge is 2.50. The quantitative estimate of drug-likeness (QED) is 0.632. The van der Waals surface area contributed by atoms with Crippen LogP contribution in [0.1, 0.15) is 33.6 Å². The fourth-order valence-electron chi connectivity index (χ4n) is 4.56. The van der Waals surface area contributed by atoms with Gasteiger partial charge in [0.05, 0.1) is 6.04 Å². The molecule has 3 aliphatic carbocycles. The van der Waals surface area contributed by atoms with Crippen LogP contribution in [-0.2, 0) is 0 Å². The standard InChI is InChI=1S/C22H25N/c1-16-20-14-17(22(20,2)3)15-21(16)23(18-10-6-4-7-11-18)19-12-8-5-9-13-19/h4-13,17,21H,14-15H2,1-3H3. The first-order valence-electron chi connectivity index (χ1n) is 8.68. The van der Waals surface area contributed by atoms with Crippen molar-refractivity contribution in [3.63, 3.8) is 0 Å². The molecule has 118 valence electrons. The third-order valence-corrected chi connectivity index (χ3v) is 6.11. The molecule has 0 aliphatic heterocycles. The first-order chi connectivity index (χ1) is 11.1. The van der Waals surface area contributed by atoms with E-state index in [1.165, 1.54) is 24.2 Å². The minimum absolute atomic E-state index is 0.416. The van der Waals surface area contributed by atoms with E-state index in [1.54, 1.807) is 11.1 Å². The average Bonchev–Trinajstić information content (AvgIpc) is 2.58. The Morgan fingerprint density at radius 2 is 1.39 bits per heavy atom. The van der Waals surface area contributed by atoms with E-state index in [9.17, 15) is 0 Å². The topological polar surface area (TPSA) is 3.24 Å². The average molecular weight is 303 g/mol. The van der Waals surface area contributed by atoms with Gasteiger partial charge in [-0.15, -0.1) is 0 Å². The largest absolute Gasteiger partial charge is 0.334 e. The number of hydrogen-bond donors (Lipinski definition) is 0. The van der Waals surface area contributed by atoms with Crippen molar-refractivity contribution in [3.05, 3.63) is 71.8 Å². The number of para-hydroxylation sites is 2. The number of fused-ring (bicyclic) bond motifs is 2. The highest BCUT2D eigenvalue weighted by Crippen LogP contribution is 2.59. The van der Waals surface area contributed by atoms with Crippen LogP contribution < -0.4 is 4.90 Å².